The van der Waals surface area contributed by atoms with Gasteiger partial charge in [0, 0.05) is 13.6 Å². The number of aliphatic hydroxyl groups is 1. The summed E-state index contributed by atoms with van der Waals surface area (Å²) in [4.78, 5) is 23.4. The van der Waals surface area contributed by atoms with Crippen molar-refractivity contribution in [2.24, 2.45) is 0 Å². The summed E-state index contributed by atoms with van der Waals surface area (Å²) in [5.41, 5.74) is 0.0272. The third kappa shape index (κ3) is 3.63. The van der Waals surface area contributed by atoms with E-state index in [9.17, 15) is 9.90 Å². The molecular formula is C17H26N4O2. The Labute approximate surface area is 137 Å². The minimum atomic E-state index is -0.805. The number of likely N-dealkylation sites (tertiary alicyclic amines) is 1. The second-order valence-electron chi connectivity index (χ2n) is 6.79. The van der Waals surface area contributed by atoms with E-state index in [-0.39, 0.29) is 18.4 Å². The molecule has 1 aliphatic heterocycles. The summed E-state index contributed by atoms with van der Waals surface area (Å²) in [5.74, 6) is 0.765. The molecule has 0 spiro atoms. The number of carbonyl (C=O) groups is 1. The molecule has 1 amide bonds. The van der Waals surface area contributed by atoms with Gasteiger partial charge in [0.2, 0.25) is 5.91 Å². The molecule has 126 valence electrons. The quantitative estimate of drug-likeness (QED) is 0.890. The molecule has 1 saturated heterocycles. The molecule has 1 aliphatic carbocycles. The van der Waals surface area contributed by atoms with Gasteiger partial charge in [-0.2, -0.15) is 0 Å². The molecule has 3 rings (SSSR count). The third-order valence-corrected chi connectivity index (χ3v) is 5.09. The van der Waals surface area contributed by atoms with Crippen LogP contribution in [-0.4, -0.2) is 45.1 Å². The topological polar surface area (TPSA) is 78.4 Å². The fourth-order valence-electron chi connectivity index (χ4n) is 3.80. The Morgan fingerprint density at radius 1 is 1.35 bits per heavy atom. The van der Waals surface area contributed by atoms with E-state index in [2.05, 4.69) is 15.3 Å². The molecule has 0 unspecified atom stereocenters. The lowest BCUT2D eigenvalue weighted by molar-refractivity contribution is -0.138. The van der Waals surface area contributed by atoms with Gasteiger partial charge in [-0.25, -0.2) is 4.98 Å². The fraction of sp³-hybridized carbons (Fsp3) is 0.706. The second kappa shape index (κ2) is 6.83. The average molecular weight is 318 g/mol. The highest BCUT2D eigenvalue weighted by molar-refractivity contribution is 5.78. The first-order valence-corrected chi connectivity index (χ1v) is 8.63. The van der Waals surface area contributed by atoms with E-state index < -0.39 is 5.60 Å². The number of rotatable bonds is 4. The first kappa shape index (κ1) is 16.2. The SMILES string of the molecule is CNc1cncc([C@H]2CCCN2C(=O)CC2(O)CCCCC2)n1. The number of amides is 1. The van der Waals surface area contributed by atoms with Crippen molar-refractivity contribution in [1.82, 2.24) is 14.9 Å². The zero-order chi connectivity index (χ0) is 16.3. The number of nitrogens with zero attached hydrogens (tertiary/aromatic N) is 3. The van der Waals surface area contributed by atoms with Crippen LogP contribution in [0.1, 0.15) is 63.1 Å². The van der Waals surface area contributed by atoms with Crippen LogP contribution >= 0.6 is 0 Å². The van der Waals surface area contributed by atoms with Crippen molar-refractivity contribution in [1.29, 1.82) is 0 Å². The van der Waals surface area contributed by atoms with Crippen molar-refractivity contribution in [3.05, 3.63) is 18.1 Å². The summed E-state index contributed by atoms with van der Waals surface area (Å²) in [7, 11) is 1.81. The van der Waals surface area contributed by atoms with Crippen LogP contribution in [0.3, 0.4) is 0 Å². The molecule has 2 heterocycles. The third-order valence-electron chi connectivity index (χ3n) is 5.09. The molecule has 6 nitrogen and oxygen atoms in total. The van der Waals surface area contributed by atoms with Crippen molar-refractivity contribution in [2.75, 3.05) is 18.9 Å². The monoisotopic (exact) mass is 318 g/mol. The minimum absolute atomic E-state index is 0.0181. The Morgan fingerprint density at radius 2 is 2.13 bits per heavy atom. The highest BCUT2D eigenvalue weighted by atomic mass is 16.3. The average Bonchev–Trinajstić information content (AvgIpc) is 3.05. The van der Waals surface area contributed by atoms with Gasteiger partial charge >= 0.3 is 0 Å². The van der Waals surface area contributed by atoms with Crippen LogP contribution in [0.4, 0.5) is 5.82 Å². The molecule has 0 radical (unpaired) electrons. The number of hydrogen-bond acceptors (Lipinski definition) is 5. The maximum absolute atomic E-state index is 12.8. The Bertz CT molecular complexity index is 557. The van der Waals surface area contributed by atoms with Crippen molar-refractivity contribution >= 4 is 11.7 Å². The van der Waals surface area contributed by atoms with Gasteiger partial charge in [0.25, 0.3) is 0 Å². The molecule has 0 bridgehead atoms. The molecule has 1 atom stereocenters. The van der Waals surface area contributed by atoms with E-state index in [1.54, 1.807) is 12.4 Å². The van der Waals surface area contributed by atoms with E-state index in [1.807, 2.05) is 11.9 Å². The van der Waals surface area contributed by atoms with Crippen LogP contribution in [0, 0.1) is 0 Å². The van der Waals surface area contributed by atoms with Gasteiger partial charge in [0.1, 0.15) is 5.82 Å². The van der Waals surface area contributed by atoms with Gasteiger partial charge < -0.3 is 15.3 Å². The molecule has 2 N–H and O–H groups in total. The van der Waals surface area contributed by atoms with Crippen molar-refractivity contribution in [3.8, 4) is 0 Å². The normalized spacial score (nSPS) is 23.7. The molecular weight excluding hydrogens is 292 g/mol. The lowest BCUT2D eigenvalue weighted by Crippen LogP contribution is -2.40. The Morgan fingerprint density at radius 3 is 2.87 bits per heavy atom. The number of nitrogens with one attached hydrogen (secondary N) is 1. The fourth-order valence-corrected chi connectivity index (χ4v) is 3.80. The van der Waals surface area contributed by atoms with E-state index >= 15 is 0 Å². The zero-order valence-corrected chi connectivity index (χ0v) is 13.8. The largest absolute Gasteiger partial charge is 0.389 e. The van der Waals surface area contributed by atoms with E-state index in [1.165, 1.54) is 0 Å². The number of carbonyl (C=O) groups excluding carboxylic acids is 1. The maximum atomic E-state index is 12.8. The summed E-state index contributed by atoms with van der Waals surface area (Å²) < 4.78 is 0. The lowest BCUT2D eigenvalue weighted by Gasteiger charge is -2.34. The van der Waals surface area contributed by atoms with Crippen LogP contribution in [0.15, 0.2) is 12.4 Å². The van der Waals surface area contributed by atoms with Gasteiger partial charge in [-0.1, -0.05) is 19.3 Å². The zero-order valence-electron chi connectivity index (χ0n) is 13.8. The van der Waals surface area contributed by atoms with Gasteiger partial charge in [-0.05, 0) is 25.7 Å². The first-order valence-electron chi connectivity index (χ1n) is 8.63. The van der Waals surface area contributed by atoms with Crippen LogP contribution in [0.25, 0.3) is 0 Å². The van der Waals surface area contributed by atoms with Crippen molar-refractivity contribution in [2.45, 2.75) is 63.0 Å². The summed E-state index contributed by atoms with van der Waals surface area (Å²) in [6.07, 6.45) is 10.2. The number of hydrogen-bond donors (Lipinski definition) is 2. The minimum Gasteiger partial charge on any atom is -0.389 e. The Balaban J connectivity index is 1.71. The molecule has 1 aromatic rings. The molecule has 1 aromatic heterocycles. The van der Waals surface area contributed by atoms with Crippen LogP contribution < -0.4 is 5.32 Å². The maximum Gasteiger partial charge on any atom is 0.226 e. The smallest absolute Gasteiger partial charge is 0.226 e. The van der Waals surface area contributed by atoms with E-state index in [0.29, 0.717) is 5.82 Å². The summed E-state index contributed by atoms with van der Waals surface area (Å²) in [5, 5.41) is 13.6. The van der Waals surface area contributed by atoms with Crippen LogP contribution in [0.2, 0.25) is 0 Å². The number of aromatic nitrogens is 2. The molecule has 1 saturated carbocycles. The lowest BCUT2D eigenvalue weighted by atomic mass is 9.82. The molecule has 0 aromatic carbocycles. The van der Waals surface area contributed by atoms with Crippen LogP contribution in [-0.2, 0) is 4.79 Å². The Hall–Kier alpha value is -1.69. The Kier molecular flexibility index (Phi) is 4.80. The van der Waals surface area contributed by atoms with Gasteiger partial charge in [0.05, 0.1) is 36.2 Å². The summed E-state index contributed by atoms with van der Waals surface area (Å²) in [6, 6.07) is -0.0181. The molecule has 2 fully saturated rings. The molecule has 23 heavy (non-hydrogen) atoms. The second-order valence-corrected chi connectivity index (χ2v) is 6.79. The van der Waals surface area contributed by atoms with Gasteiger partial charge in [-0.3, -0.25) is 9.78 Å². The molecule has 2 aliphatic rings. The highest BCUT2D eigenvalue weighted by Gasteiger charge is 2.37. The highest BCUT2D eigenvalue weighted by Crippen LogP contribution is 2.35. The predicted molar refractivity (Wildman–Crippen MR) is 87.9 cm³/mol. The summed E-state index contributed by atoms with van der Waals surface area (Å²) >= 11 is 0. The summed E-state index contributed by atoms with van der Waals surface area (Å²) in [6.45, 7) is 0.741. The van der Waals surface area contributed by atoms with E-state index in [0.717, 1.165) is 57.2 Å². The first-order chi connectivity index (χ1) is 11.1. The van der Waals surface area contributed by atoms with Gasteiger partial charge in [0.15, 0.2) is 0 Å². The standard InChI is InChI=1S/C17H26N4O2/c1-18-15-12-19-11-13(20-15)14-6-5-9-21(14)16(22)10-17(23)7-3-2-4-8-17/h11-12,14,23H,2-10H2,1H3,(H,18,20)/t14-/m1/s1. The van der Waals surface area contributed by atoms with E-state index in [4.69, 9.17) is 0 Å². The molecule has 6 heteroatoms. The van der Waals surface area contributed by atoms with Crippen molar-refractivity contribution in [3.63, 3.8) is 0 Å². The number of anilines is 1. The van der Waals surface area contributed by atoms with Crippen molar-refractivity contribution < 1.29 is 9.90 Å². The van der Waals surface area contributed by atoms with Crippen LogP contribution in [0.5, 0.6) is 0 Å². The predicted octanol–water partition coefficient (Wildman–Crippen LogP) is 2.27. The van der Waals surface area contributed by atoms with Gasteiger partial charge in [-0.15, -0.1) is 0 Å².